The van der Waals surface area contributed by atoms with Crippen molar-refractivity contribution < 1.29 is 9.36 Å². The van der Waals surface area contributed by atoms with E-state index < -0.39 is 0 Å². The molecule has 0 aliphatic heterocycles. The molecule has 2 aromatic carbocycles. The van der Waals surface area contributed by atoms with Crippen LogP contribution in [0.3, 0.4) is 0 Å². The summed E-state index contributed by atoms with van der Waals surface area (Å²) in [7, 11) is 0. The second kappa shape index (κ2) is 7.55. The zero-order valence-corrected chi connectivity index (χ0v) is 13.8. The summed E-state index contributed by atoms with van der Waals surface area (Å²) in [6.45, 7) is 2.33. The lowest BCUT2D eigenvalue weighted by Crippen LogP contribution is -2.39. The fourth-order valence-electron chi connectivity index (χ4n) is 2.55. The largest absolute Gasteiger partial charge is 0.321 e. The minimum atomic E-state index is -0.0281. The van der Waals surface area contributed by atoms with Crippen LogP contribution in [0.25, 0.3) is 0 Å². The van der Waals surface area contributed by atoms with Gasteiger partial charge in [-0.25, -0.2) is 0 Å². The van der Waals surface area contributed by atoms with E-state index in [9.17, 15) is 4.79 Å². The normalized spacial score (nSPS) is 10.4. The summed E-state index contributed by atoms with van der Waals surface area (Å²) < 4.78 is 1.89. The summed E-state index contributed by atoms with van der Waals surface area (Å²) in [5.41, 5.74) is 4.52. The SMILES string of the molecule is Cc1ccc(NC(=O)C[n+]2ccc(Cc3ccccc3)cc2)cc1. The lowest BCUT2D eigenvalue weighted by molar-refractivity contribution is -0.684. The van der Waals surface area contributed by atoms with Crippen LogP contribution in [0.2, 0.25) is 0 Å². The lowest BCUT2D eigenvalue weighted by atomic mass is 10.1. The van der Waals surface area contributed by atoms with Crippen molar-refractivity contribution in [3.05, 3.63) is 95.8 Å². The molecule has 0 saturated carbocycles. The van der Waals surface area contributed by atoms with Crippen molar-refractivity contribution in [2.24, 2.45) is 0 Å². The molecule has 3 rings (SSSR count). The van der Waals surface area contributed by atoms with Gasteiger partial charge < -0.3 is 5.32 Å². The van der Waals surface area contributed by atoms with E-state index >= 15 is 0 Å². The van der Waals surface area contributed by atoms with E-state index in [4.69, 9.17) is 0 Å². The third-order valence-electron chi connectivity index (χ3n) is 3.87. The first kappa shape index (κ1) is 15.9. The van der Waals surface area contributed by atoms with Gasteiger partial charge in [0.05, 0.1) is 0 Å². The highest BCUT2D eigenvalue weighted by Crippen LogP contribution is 2.09. The molecule has 0 aliphatic rings. The van der Waals surface area contributed by atoms with E-state index in [1.165, 1.54) is 16.7 Å². The first-order chi connectivity index (χ1) is 11.7. The molecule has 3 aromatic rings. The highest BCUT2D eigenvalue weighted by atomic mass is 16.1. The van der Waals surface area contributed by atoms with Gasteiger partial charge in [-0.15, -0.1) is 0 Å². The molecule has 0 spiro atoms. The van der Waals surface area contributed by atoms with Gasteiger partial charge in [0.1, 0.15) is 0 Å². The van der Waals surface area contributed by atoms with E-state index in [0.29, 0.717) is 6.54 Å². The molecule has 1 N–H and O–H groups in total. The number of pyridine rings is 1. The number of aromatic nitrogens is 1. The number of nitrogens with one attached hydrogen (secondary N) is 1. The molecule has 0 saturated heterocycles. The number of rotatable bonds is 5. The van der Waals surface area contributed by atoms with Gasteiger partial charge in [-0.2, -0.15) is 4.57 Å². The fourth-order valence-corrected chi connectivity index (χ4v) is 2.55. The molecule has 0 atom stereocenters. The summed E-state index contributed by atoms with van der Waals surface area (Å²) in [6, 6.07) is 22.3. The smallest absolute Gasteiger partial charge is 0.290 e. The van der Waals surface area contributed by atoms with Crippen molar-refractivity contribution in [3.8, 4) is 0 Å². The Morgan fingerprint density at radius 2 is 1.50 bits per heavy atom. The van der Waals surface area contributed by atoms with Gasteiger partial charge in [0, 0.05) is 17.8 Å². The molecular weight excluding hydrogens is 296 g/mol. The quantitative estimate of drug-likeness (QED) is 0.718. The zero-order valence-electron chi connectivity index (χ0n) is 13.8. The van der Waals surface area contributed by atoms with Crippen molar-refractivity contribution in [1.82, 2.24) is 0 Å². The second-order valence-electron chi connectivity index (χ2n) is 5.96. The van der Waals surface area contributed by atoms with Crippen molar-refractivity contribution in [3.63, 3.8) is 0 Å². The first-order valence-corrected chi connectivity index (χ1v) is 8.07. The molecule has 24 heavy (non-hydrogen) atoms. The monoisotopic (exact) mass is 317 g/mol. The lowest BCUT2D eigenvalue weighted by Gasteiger charge is -2.04. The van der Waals surface area contributed by atoms with Gasteiger partial charge in [0.2, 0.25) is 6.54 Å². The Labute approximate surface area is 142 Å². The Morgan fingerprint density at radius 1 is 0.875 bits per heavy atom. The number of hydrogen-bond donors (Lipinski definition) is 1. The van der Waals surface area contributed by atoms with Gasteiger partial charge in [0.15, 0.2) is 12.4 Å². The molecule has 1 amide bonds. The van der Waals surface area contributed by atoms with Crippen molar-refractivity contribution in [2.45, 2.75) is 19.9 Å². The van der Waals surface area contributed by atoms with Crippen molar-refractivity contribution in [2.75, 3.05) is 5.32 Å². The maximum absolute atomic E-state index is 12.1. The van der Waals surface area contributed by atoms with E-state index in [1.54, 1.807) is 0 Å². The molecule has 0 radical (unpaired) electrons. The van der Waals surface area contributed by atoms with E-state index in [1.807, 2.05) is 66.3 Å². The van der Waals surface area contributed by atoms with E-state index in [-0.39, 0.29) is 5.91 Å². The minimum Gasteiger partial charge on any atom is -0.321 e. The molecule has 1 aromatic heterocycles. The molecule has 1 heterocycles. The van der Waals surface area contributed by atoms with Crippen LogP contribution in [0.1, 0.15) is 16.7 Å². The number of carbonyl (C=O) groups excluding carboxylic acids is 1. The van der Waals surface area contributed by atoms with Crippen LogP contribution in [0, 0.1) is 6.92 Å². The Bertz CT molecular complexity index is 794. The average molecular weight is 317 g/mol. The average Bonchev–Trinajstić information content (AvgIpc) is 2.60. The molecule has 0 bridgehead atoms. The van der Waals surface area contributed by atoms with Gasteiger partial charge in [0.25, 0.3) is 5.91 Å². The van der Waals surface area contributed by atoms with Crippen LogP contribution in [-0.2, 0) is 17.8 Å². The maximum Gasteiger partial charge on any atom is 0.290 e. The summed E-state index contributed by atoms with van der Waals surface area (Å²) in [4.78, 5) is 12.1. The van der Waals surface area contributed by atoms with Gasteiger partial charge in [-0.3, -0.25) is 4.79 Å². The second-order valence-corrected chi connectivity index (χ2v) is 5.96. The Balaban J connectivity index is 1.57. The number of hydrogen-bond acceptors (Lipinski definition) is 1. The van der Waals surface area contributed by atoms with Crippen LogP contribution in [0.15, 0.2) is 79.1 Å². The highest BCUT2D eigenvalue weighted by molar-refractivity contribution is 5.89. The Morgan fingerprint density at radius 3 is 2.17 bits per heavy atom. The number of benzene rings is 2. The van der Waals surface area contributed by atoms with Crippen LogP contribution in [0.4, 0.5) is 5.69 Å². The van der Waals surface area contributed by atoms with Crippen molar-refractivity contribution in [1.29, 1.82) is 0 Å². The van der Waals surface area contributed by atoms with Crippen LogP contribution in [0.5, 0.6) is 0 Å². The summed E-state index contributed by atoms with van der Waals surface area (Å²) in [5, 5.41) is 2.91. The van der Waals surface area contributed by atoms with E-state index in [2.05, 4.69) is 29.6 Å². The predicted molar refractivity (Wildman–Crippen MR) is 95.7 cm³/mol. The molecule has 3 heteroatoms. The van der Waals surface area contributed by atoms with Crippen LogP contribution >= 0.6 is 0 Å². The van der Waals surface area contributed by atoms with Gasteiger partial charge in [-0.05, 0) is 36.6 Å². The van der Waals surface area contributed by atoms with Crippen LogP contribution < -0.4 is 9.88 Å². The summed E-state index contributed by atoms with van der Waals surface area (Å²) in [6.07, 6.45) is 4.80. The van der Waals surface area contributed by atoms with E-state index in [0.717, 1.165) is 12.1 Å². The third-order valence-corrected chi connectivity index (χ3v) is 3.87. The number of nitrogens with zero attached hydrogens (tertiary/aromatic N) is 1. The zero-order chi connectivity index (χ0) is 16.8. The number of amides is 1. The number of carbonyl (C=O) groups is 1. The topological polar surface area (TPSA) is 33.0 Å². The molecular formula is C21H21N2O+. The molecule has 3 nitrogen and oxygen atoms in total. The Hall–Kier alpha value is -2.94. The third kappa shape index (κ3) is 4.53. The number of aryl methyl sites for hydroxylation is 1. The standard InChI is InChI=1S/C21H20N2O/c1-17-7-9-20(10-8-17)22-21(24)16-23-13-11-19(12-14-23)15-18-5-3-2-4-6-18/h2-14H,15-16H2,1H3/p+1. The van der Waals surface area contributed by atoms with Crippen molar-refractivity contribution >= 4 is 11.6 Å². The van der Waals surface area contributed by atoms with Gasteiger partial charge in [-0.1, -0.05) is 48.0 Å². The minimum absolute atomic E-state index is 0.0281. The maximum atomic E-state index is 12.1. The predicted octanol–water partition coefficient (Wildman–Crippen LogP) is 3.51. The molecule has 120 valence electrons. The summed E-state index contributed by atoms with van der Waals surface area (Å²) in [5.74, 6) is -0.0281. The van der Waals surface area contributed by atoms with Gasteiger partial charge >= 0.3 is 0 Å². The molecule has 0 fully saturated rings. The molecule has 0 aliphatic carbocycles. The first-order valence-electron chi connectivity index (χ1n) is 8.07. The summed E-state index contributed by atoms with van der Waals surface area (Å²) >= 11 is 0. The Kier molecular flexibility index (Phi) is 5.02. The van der Waals surface area contributed by atoms with Crippen LogP contribution in [-0.4, -0.2) is 5.91 Å². The fraction of sp³-hybridized carbons (Fsp3) is 0.143. The number of anilines is 1. The molecule has 0 unspecified atom stereocenters. The highest BCUT2D eigenvalue weighted by Gasteiger charge is 2.09.